The topological polar surface area (TPSA) is 45.1 Å². The fraction of sp³-hybridized carbons (Fsp3) is 0.727. The lowest BCUT2D eigenvalue weighted by atomic mass is 9.86. The van der Waals surface area contributed by atoms with Gasteiger partial charge in [-0.05, 0) is 34.6 Å². The van der Waals surface area contributed by atoms with E-state index in [4.69, 9.17) is 0 Å². The summed E-state index contributed by atoms with van der Waals surface area (Å²) in [7, 11) is 0. The average molecular weight is 228 g/mol. The van der Waals surface area contributed by atoms with Crippen molar-refractivity contribution >= 4 is 11.3 Å². The zero-order valence-electron chi connectivity index (χ0n) is 10.1. The molecule has 0 atom stereocenters. The number of aliphatic hydroxyl groups is 1. The normalized spacial score (nSPS) is 13.2. The molecule has 0 radical (unpaired) electrons. The highest BCUT2D eigenvalue weighted by Crippen LogP contribution is 2.21. The molecule has 0 amide bonds. The van der Waals surface area contributed by atoms with Crippen molar-refractivity contribution in [1.82, 2.24) is 10.3 Å². The Hall–Kier alpha value is -0.450. The highest BCUT2D eigenvalue weighted by molar-refractivity contribution is 7.09. The van der Waals surface area contributed by atoms with E-state index in [1.807, 2.05) is 40.0 Å². The Balaban J connectivity index is 2.57. The highest BCUT2D eigenvalue weighted by Gasteiger charge is 2.34. The van der Waals surface area contributed by atoms with Crippen LogP contribution in [0.5, 0.6) is 0 Å². The summed E-state index contributed by atoms with van der Waals surface area (Å²) < 4.78 is 0. The molecule has 4 heteroatoms. The maximum absolute atomic E-state index is 9.95. The van der Waals surface area contributed by atoms with Gasteiger partial charge in [0.2, 0.25) is 0 Å². The summed E-state index contributed by atoms with van der Waals surface area (Å²) >= 11 is 1.65. The number of thiazole rings is 1. The molecule has 1 rings (SSSR count). The molecule has 0 saturated carbocycles. The molecule has 1 aromatic rings. The minimum atomic E-state index is -0.751. The Labute approximate surface area is 95.6 Å². The highest BCUT2D eigenvalue weighted by atomic mass is 32.1. The number of aromatic nitrogens is 1. The zero-order valence-corrected chi connectivity index (χ0v) is 10.9. The van der Waals surface area contributed by atoms with Crippen LogP contribution in [0.2, 0.25) is 0 Å². The predicted molar refractivity (Wildman–Crippen MR) is 64.1 cm³/mol. The molecule has 0 spiro atoms. The van der Waals surface area contributed by atoms with Crippen molar-refractivity contribution in [2.75, 3.05) is 0 Å². The van der Waals surface area contributed by atoms with Gasteiger partial charge < -0.3 is 10.4 Å². The van der Waals surface area contributed by atoms with Gasteiger partial charge in [0.15, 0.2) is 0 Å². The van der Waals surface area contributed by atoms with Crippen LogP contribution in [0.15, 0.2) is 5.38 Å². The van der Waals surface area contributed by atoms with Crippen molar-refractivity contribution in [1.29, 1.82) is 0 Å². The first-order valence-electron chi connectivity index (χ1n) is 5.11. The first-order valence-corrected chi connectivity index (χ1v) is 5.99. The van der Waals surface area contributed by atoms with Gasteiger partial charge in [0, 0.05) is 23.2 Å². The molecule has 0 aliphatic carbocycles. The predicted octanol–water partition coefficient (Wildman–Crippen LogP) is 2.09. The van der Waals surface area contributed by atoms with Gasteiger partial charge in [0.1, 0.15) is 5.01 Å². The van der Waals surface area contributed by atoms with Gasteiger partial charge in [-0.25, -0.2) is 4.98 Å². The largest absolute Gasteiger partial charge is 0.389 e. The average Bonchev–Trinajstić information content (AvgIpc) is 2.46. The summed E-state index contributed by atoms with van der Waals surface area (Å²) in [5.41, 5.74) is -0.0239. The molecular weight excluding hydrogens is 208 g/mol. The molecule has 0 aliphatic heterocycles. The van der Waals surface area contributed by atoms with E-state index in [-0.39, 0.29) is 5.54 Å². The van der Waals surface area contributed by atoms with Crippen LogP contribution in [0.1, 0.15) is 38.4 Å². The van der Waals surface area contributed by atoms with Crippen LogP contribution in [0, 0.1) is 6.92 Å². The van der Waals surface area contributed by atoms with Gasteiger partial charge in [0.05, 0.1) is 5.60 Å². The van der Waals surface area contributed by atoms with E-state index >= 15 is 0 Å². The number of aryl methyl sites for hydroxylation is 1. The lowest BCUT2D eigenvalue weighted by Crippen LogP contribution is -2.55. The first-order chi connectivity index (χ1) is 6.72. The van der Waals surface area contributed by atoms with Crippen LogP contribution in [0.3, 0.4) is 0 Å². The minimum absolute atomic E-state index is 0.327. The molecule has 1 aromatic heterocycles. The quantitative estimate of drug-likeness (QED) is 0.829. The Morgan fingerprint density at radius 3 is 2.40 bits per heavy atom. The molecule has 86 valence electrons. The van der Waals surface area contributed by atoms with Crippen molar-refractivity contribution in [2.24, 2.45) is 0 Å². The van der Waals surface area contributed by atoms with Crippen molar-refractivity contribution < 1.29 is 5.11 Å². The van der Waals surface area contributed by atoms with Crippen LogP contribution in [0.4, 0.5) is 0 Å². The van der Waals surface area contributed by atoms with Crippen molar-refractivity contribution in [3.63, 3.8) is 0 Å². The summed E-state index contributed by atoms with van der Waals surface area (Å²) in [4.78, 5) is 4.37. The molecule has 0 aromatic carbocycles. The maximum atomic E-state index is 9.95. The Morgan fingerprint density at radius 1 is 1.40 bits per heavy atom. The Bertz CT molecular complexity index is 326. The molecule has 3 nitrogen and oxygen atoms in total. The maximum Gasteiger partial charge on any atom is 0.107 e. The van der Waals surface area contributed by atoms with Gasteiger partial charge in [-0.3, -0.25) is 0 Å². The molecule has 0 unspecified atom stereocenters. The molecule has 2 N–H and O–H groups in total. The van der Waals surface area contributed by atoms with Crippen LogP contribution in [-0.4, -0.2) is 21.2 Å². The lowest BCUT2D eigenvalue weighted by Gasteiger charge is -2.38. The molecule has 15 heavy (non-hydrogen) atoms. The third-order valence-corrected chi connectivity index (χ3v) is 3.84. The van der Waals surface area contributed by atoms with Crippen LogP contribution < -0.4 is 5.32 Å². The van der Waals surface area contributed by atoms with Crippen LogP contribution >= 0.6 is 11.3 Å². The van der Waals surface area contributed by atoms with Crippen molar-refractivity contribution in [2.45, 2.75) is 52.3 Å². The smallest absolute Gasteiger partial charge is 0.107 e. The van der Waals surface area contributed by atoms with Gasteiger partial charge in [-0.1, -0.05) is 0 Å². The van der Waals surface area contributed by atoms with E-state index in [0.29, 0.717) is 6.54 Å². The fourth-order valence-electron chi connectivity index (χ4n) is 0.997. The summed E-state index contributed by atoms with van der Waals surface area (Å²) in [6, 6.07) is 0. The second-order valence-electron chi connectivity index (χ2n) is 4.92. The molecular formula is C11H20N2OS. The van der Waals surface area contributed by atoms with E-state index in [1.165, 1.54) is 0 Å². The SMILES string of the molecule is Cc1csc(CNC(C)(C)C(C)(C)O)n1. The van der Waals surface area contributed by atoms with Gasteiger partial charge in [-0.2, -0.15) is 0 Å². The van der Waals surface area contributed by atoms with E-state index in [0.717, 1.165) is 10.7 Å². The van der Waals surface area contributed by atoms with E-state index in [2.05, 4.69) is 10.3 Å². The lowest BCUT2D eigenvalue weighted by molar-refractivity contribution is -0.00532. The van der Waals surface area contributed by atoms with Gasteiger partial charge in [0.25, 0.3) is 0 Å². The number of rotatable bonds is 4. The van der Waals surface area contributed by atoms with Gasteiger partial charge >= 0.3 is 0 Å². The van der Waals surface area contributed by atoms with Crippen molar-refractivity contribution in [3.8, 4) is 0 Å². The summed E-state index contributed by atoms with van der Waals surface area (Å²) in [6.45, 7) is 10.3. The van der Waals surface area contributed by atoms with Crippen LogP contribution in [0.25, 0.3) is 0 Å². The van der Waals surface area contributed by atoms with Crippen LogP contribution in [-0.2, 0) is 6.54 Å². The first kappa shape index (κ1) is 12.6. The fourth-order valence-corrected chi connectivity index (χ4v) is 1.71. The molecule has 0 aliphatic rings. The second-order valence-corrected chi connectivity index (χ2v) is 5.86. The van der Waals surface area contributed by atoms with E-state index < -0.39 is 5.60 Å². The number of nitrogens with zero attached hydrogens (tertiary/aromatic N) is 1. The summed E-state index contributed by atoms with van der Waals surface area (Å²) in [6.07, 6.45) is 0. The Kier molecular flexibility index (Phi) is 3.53. The number of nitrogens with one attached hydrogen (secondary N) is 1. The standard InChI is InChI=1S/C11H20N2OS/c1-8-7-15-9(13-8)6-12-10(2,3)11(4,5)14/h7,12,14H,6H2,1-5H3. The second kappa shape index (κ2) is 4.20. The van der Waals surface area contributed by atoms with E-state index in [1.54, 1.807) is 11.3 Å². The third-order valence-electron chi connectivity index (χ3n) is 2.88. The monoisotopic (exact) mass is 228 g/mol. The summed E-state index contributed by atoms with van der Waals surface area (Å²) in [5.74, 6) is 0. The Morgan fingerprint density at radius 2 is 2.00 bits per heavy atom. The zero-order chi connectivity index (χ0) is 11.7. The summed E-state index contributed by atoms with van der Waals surface area (Å²) in [5, 5.41) is 16.4. The minimum Gasteiger partial charge on any atom is -0.389 e. The number of hydrogen-bond donors (Lipinski definition) is 2. The number of hydrogen-bond acceptors (Lipinski definition) is 4. The molecule has 0 saturated heterocycles. The molecule has 1 heterocycles. The third kappa shape index (κ3) is 3.26. The van der Waals surface area contributed by atoms with Gasteiger partial charge in [-0.15, -0.1) is 11.3 Å². The van der Waals surface area contributed by atoms with E-state index in [9.17, 15) is 5.11 Å². The van der Waals surface area contributed by atoms with Crippen molar-refractivity contribution in [3.05, 3.63) is 16.1 Å². The molecule has 0 bridgehead atoms. The molecule has 0 fully saturated rings.